The fraction of sp³-hybridized carbons (Fsp3) is 0.467. The van der Waals surface area contributed by atoms with Crippen LogP contribution in [0, 0.1) is 0 Å². The number of methoxy groups -OCH3 is 2. The number of ether oxygens (including phenoxy) is 2. The number of fused-ring (bicyclic) bond motifs is 1. The van der Waals surface area contributed by atoms with E-state index in [1.807, 2.05) is 29.7 Å². The van der Waals surface area contributed by atoms with E-state index in [1.54, 1.807) is 14.2 Å². The molecule has 21 heavy (non-hydrogen) atoms. The Kier molecular flexibility index (Phi) is 5.52. The van der Waals surface area contributed by atoms with Gasteiger partial charge in [0.1, 0.15) is 5.75 Å². The van der Waals surface area contributed by atoms with E-state index in [0.29, 0.717) is 24.4 Å². The molecule has 0 saturated heterocycles. The number of carbonyl (C=O) groups is 1. The van der Waals surface area contributed by atoms with Crippen molar-refractivity contribution in [3.05, 3.63) is 23.0 Å². The van der Waals surface area contributed by atoms with Gasteiger partial charge in [-0.1, -0.05) is 18.3 Å². The molecule has 2 rings (SSSR count). The summed E-state index contributed by atoms with van der Waals surface area (Å²) in [5.74, 6) is 0.719. The summed E-state index contributed by atoms with van der Waals surface area (Å²) in [4.78, 5) is 16.8. The van der Waals surface area contributed by atoms with E-state index < -0.39 is 0 Å². The number of rotatable bonds is 6. The van der Waals surface area contributed by atoms with Crippen LogP contribution in [0.2, 0.25) is 0 Å². The van der Waals surface area contributed by atoms with Gasteiger partial charge in [-0.05, 0) is 24.6 Å². The lowest BCUT2D eigenvalue weighted by Crippen LogP contribution is -2.19. The monoisotopic (exact) mass is 308 g/mol. The summed E-state index contributed by atoms with van der Waals surface area (Å²) in [5, 5.41) is 0. The smallest absolute Gasteiger partial charge is 0.248 e. The van der Waals surface area contributed by atoms with Crippen LogP contribution < -0.4 is 9.54 Å². The van der Waals surface area contributed by atoms with E-state index in [2.05, 4.69) is 4.99 Å². The average molecular weight is 308 g/mol. The molecule has 0 aliphatic carbocycles. The number of hydrogen-bond acceptors (Lipinski definition) is 4. The third kappa shape index (κ3) is 3.71. The molecule has 0 bridgehead atoms. The van der Waals surface area contributed by atoms with Crippen molar-refractivity contribution in [1.29, 1.82) is 0 Å². The molecule has 0 spiro atoms. The molecule has 1 amide bonds. The molecule has 1 heterocycles. The van der Waals surface area contributed by atoms with Gasteiger partial charge in [0.2, 0.25) is 5.91 Å². The number of carbonyl (C=O) groups excluding carboxylic acids is 1. The first-order valence-electron chi connectivity index (χ1n) is 6.93. The van der Waals surface area contributed by atoms with Crippen LogP contribution in [0.25, 0.3) is 10.2 Å². The fourth-order valence-electron chi connectivity index (χ4n) is 2.04. The van der Waals surface area contributed by atoms with Crippen LogP contribution in [0.15, 0.2) is 23.2 Å². The molecule has 5 nitrogen and oxygen atoms in total. The van der Waals surface area contributed by atoms with Crippen molar-refractivity contribution in [3.8, 4) is 5.75 Å². The summed E-state index contributed by atoms with van der Waals surface area (Å²) in [6.07, 6.45) is 1.28. The Bertz CT molecular complexity index is 688. The highest BCUT2D eigenvalue weighted by Gasteiger charge is 2.08. The number of thiazole rings is 1. The van der Waals surface area contributed by atoms with Crippen molar-refractivity contribution < 1.29 is 14.3 Å². The predicted octanol–water partition coefficient (Wildman–Crippen LogP) is 2.59. The lowest BCUT2D eigenvalue weighted by Gasteiger charge is -2.04. The van der Waals surface area contributed by atoms with Crippen molar-refractivity contribution in [2.45, 2.75) is 26.3 Å². The van der Waals surface area contributed by atoms with E-state index >= 15 is 0 Å². The summed E-state index contributed by atoms with van der Waals surface area (Å²) in [6, 6.07) is 5.87. The van der Waals surface area contributed by atoms with Gasteiger partial charge in [0.05, 0.1) is 23.9 Å². The average Bonchev–Trinajstić information content (AvgIpc) is 2.81. The van der Waals surface area contributed by atoms with Crippen LogP contribution in [0.1, 0.15) is 19.8 Å². The van der Waals surface area contributed by atoms with Gasteiger partial charge in [0, 0.05) is 20.1 Å². The van der Waals surface area contributed by atoms with Crippen molar-refractivity contribution >= 4 is 27.5 Å². The Morgan fingerprint density at radius 2 is 2.19 bits per heavy atom. The largest absolute Gasteiger partial charge is 0.497 e. The maximum atomic E-state index is 11.8. The second-order valence-corrected chi connectivity index (χ2v) is 5.63. The standard InChI is InChI=1S/C15H20N2O3S/c1-4-5-14(18)16-15-17(8-9-19-2)12-7-6-11(20-3)10-13(12)21-15/h6-7,10H,4-5,8-9H2,1-3H3. The van der Waals surface area contributed by atoms with Crippen molar-refractivity contribution in [2.24, 2.45) is 4.99 Å². The molecular formula is C15H20N2O3S. The zero-order valence-electron chi connectivity index (χ0n) is 12.6. The van der Waals surface area contributed by atoms with Gasteiger partial charge < -0.3 is 14.0 Å². The van der Waals surface area contributed by atoms with Gasteiger partial charge in [-0.25, -0.2) is 0 Å². The Morgan fingerprint density at radius 1 is 1.38 bits per heavy atom. The van der Waals surface area contributed by atoms with Crippen LogP contribution in [-0.2, 0) is 16.1 Å². The summed E-state index contributed by atoms with van der Waals surface area (Å²) in [5.41, 5.74) is 1.04. The van der Waals surface area contributed by atoms with Crippen molar-refractivity contribution in [3.63, 3.8) is 0 Å². The molecule has 2 aromatic rings. The summed E-state index contributed by atoms with van der Waals surface area (Å²) in [6.45, 7) is 3.22. The molecule has 0 radical (unpaired) electrons. The molecule has 114 valence electrons. The highest BCUT2D eigenvalue weighted by molar-refractivity contribution is 7.16. The van der Waals surface area contributed by atoms with E-state index in [-0.39, 0.29) is 5.91 Å². The molecule has 0 aliphatic rings. The molecule has 0 aliphatic heterocycles. The Balaban J connectivity index is 2.53. The van der Waals surface area contributed by atoms with Gasteiger partial charge in [-0.2, -0.15) is 4.99 Å². The minimum absolute atomic E-state index is 0.0813. The van der Waals surface area contributed by atoms with Gasteiger partial charge in [0.15, 0.2) is 4.80 Å². The van der Waals surface area contributed by atoms with Gasteiger partial charge in [0.25, 0.3) is 0 Å². The van der Waals surface area contributed by atoms with E-state index in [1.165, 1.54) is 11.3 Å². The molecular weight excluding hydrogens is 288 g/mol. The first-order valence-corrected chi connectivity index (χ1v) is 7.75. The normalized spacial score (nSPS) is 12.0. The zero-order valence-corrected chi connectivity index (χ0v) is 13.4. The first-order chi connectivity index (χ1) is 10.2. The molecule has 1 aromatic carbocycles. The van der Waals surface area contributed by atoms with E-state index in [0.717, 1.165) is 22.4 Å². The van der Waals surface area contributed by atoms with Crippen LogP contribution >= 0.6 is 11.3 Å². The maximum Gasteiger partial charge on any atom is 0.248 e. The molecule has 1 aromatic heterocycles. The molecule has 0 N–H and O–H groups in total. The second kappa shape index (κ2) is 7.38. The van der Waals surface area contributed by atoms with Crippen LogP contribution in [-0.4, -0.2) is 31.3 Å². The van der Waals surface area contributed by atoms with E-state index in [4.69, 9.17) is 9.47 Å². The second-order valence-electron chi connectivity index (χ2n) is 4.62. The van der Waals surface area contributed by atoms with E-state index in [9.17, 15) is 4.79 Å². The van der Waals surface area contributed by atoms with Gasteiger partial charge in [-0.3, -0.25) is 4.79 Å². The Morgan fingerprint density at radius 3 is 2.86 bits per heavy atom. The van der Waals surface area contributed by atoms with Crippen LogP contribution in [0.5, 0.6) is 5.75 Å². The van der Waals surface area contributed by atoms with Gasteiger partial charge in [-0.15, -0.1) is 0 Å². The minimum atomic E-state index is -0.0813. The third-order valence-electron chi connectivity index (χ3n) is 3.09. The Hall–Kier alpha value is -1.66. The quantitative estimate of drug-likeness (QED) is 0.824. The number of aromatic nitrogens is 1. The number of hydrogen-bond donors (Lipinski definition) is 0. The predicted molar refractivity (Wildman–Crippen MR) is 83.7 cm³/mol. The van der Waals surface area contributed by atoms with Crippen LogP contribution in [0.3, 0.4) is 0 Å². The maximum absolute atomic E-state index is 11.8. The van der Waals surface area contributed by atoms with Crippen LogP contribution in [0.4, 0.5) is 0 Å². The third-order valence-corrected chi connectivity index (χ3v) is 4.13. The summed E-state index contributed by atoms with van der Waals surface area (Å²) < 4.78 is 13.5. The number of benzene rings is 1. The lowest BCUT2D eigenvalue weighted by atomic mass is 10.3. The molecule has 0 fully saturated rings. The Labute approximate surface area is 127 Å². The number of nitrogens with zero attached hydrogens (tertiary/aromatic N) is 2. The SMILES string of the molecule is CCCC(=O)N=c1sc2cc(OC)ccc2n1CCOC. The topological polar surface area (TPSA) is 52.8 Å². The lowest BCUT2D eigenvalue weighted by molar-refractivity contribution is -0.118. The van der Waals surface area contributed by atoms with Gasteiger partial charge >= 0.3 is 0 Å². The fourth-order valence-corrected chi connectivity index (χ4v) is 3.14. The summed E-state index contributed by atoms with van der Waals surface area (Å²) >= 11 is 1.50. The number of amides is 1. The molecule has 0 atom stereocenters. The minimum Gasteiger partial charge on any atom is -0.497 e. The van der Waals surface area contributed by atoms with Crippen molar-refractivity contribution in [2.75, 3.05) is 20.8 Å². The van der Waals surface area contributed by atoms with Crippen molar-refractivity contribution in [1.82, 2.24) is 4.57 Å². The molecule has 0 saturated carbocycles. The molecule has 0 unspecified atom stereocenters. The highest BCUT2D eigenvalue weighted by Crippen LogP contribution is 2.23. The molecule has 6 heteroatoms. The summed E-state index contributed by atoms with van der Waals surface area (Å²) in [7, 11) is 3.31. The first kappa shape index (κ1) is 15.7. The highest BCUT2D eigenvalue weighted by atomic mass is 32.1. The zero-order chi connectivity index (χ0) is 15.2.